The molecule has 0 aliphatic heterocycles. The smallest absolute Gasteiger partial charge is 0.191 e. The van der Waals surface area contributed by atoms with Crippen molar-refractivity contribution >= 4 is 17.6 Å². The Morgan fingerprint density at radius 3 is 2.70 bits per heavy atom. The van der Waals surface area contributed by atoms with E-state index >= 15 is 0 Å². The Morgan fingerprint density at radius 2 is 2.10 bits per heavy atom. The highest BCUT2D eigenvalue weighted by molar-refractivity contribution is 6.30. The van der Waals surface area contributed by atoms with Gasteiger partial charge in [0.25, 0.3) is 0 Å². The molecule has 0 saturated carbocycles. The molecule has 0 radical (unpaired) electrons. The van der Waals surface area contributed by atoms with Crippen LogP contribution in [0.15, 0.2) is 29.3 Å². The zero-order valence-electron chi connectivity index (χ0n) is 12.7. The number of rotatable bonds is 6. The zero-order valence-corrected chi connectivity index (χ0v) is 13.4. The van der Waals surface area contributed by atoms with Gasteiger partial charge in [0.15, 0.2) is 5.96 Å². The van der Waals surface area contributed by atoms with Crippen LogP contribution in [0.3, 0.4) is 0 Å². The molecule has 20 heavy (non-hydrogen) atoms. The predicted molar refractivity (Wildman–Crippen MR) is 85.7 cm³/mol. The van der Waals surface area contributed by atoms with Gasteiger partial charge in [-0.05, 0) is 17.7 Å². The van der Waals surface area contributed by atoms with E-state index in [9.17, 15) is 0 Å². The minimum Gasteiger partial charge on any atom is -0.383 e. The first kappa shape index (κ1) is 16.8. The van der Waals surface area contributed by atoms with Gasteiger partial charge in [0.1, 0.15) is 0 Å². The number of nitrogens with one attached hydrogen (secondary N) is 2. The summed E-state index contributed by atoms with van der Waals surface area (Å²) in [5, 5.41) is 7.28. The summed E-state index contributed by atoms with van der Waals surface area (Å²) in [5.74, 6) is 0.775. The van der Waals surface area contributed by atoms with Gasteiger partial charge in [-0.2, -0.15) is 0 Å². The van der Waals surface area contributed by atoms with Crippen LogP contribution < -0.4 is 10.6 Å². The van der Waals surface area contributed by atoms with Gasteiger partial charge in [-0.3, -0.25) is 4.99 Å². The molecule has 0 amide bonds. The Morgan fingerprint density at radius 1 is 1.35 bits per heavy atom. The summed E-state index contributed by atoms with van der Waals surface area (Å²) in [7, 11) is 3.44. The largest absolute Gasteiger partial charge is 0.383 e. The lowest BCUT2D eigenvalue weighted by Crippen LogP contribution is -2.44. The van der Waals surface area contributed by atoms with Gasteiger partial charge >= 0.3 is 0 Å². The van der Waals surface area contributed by atoms with Crippen molar-refractivity contribution in [2.75, 3.05) is 33.9 Å². The van der Waals surface area contributed by atoms with E-state index in [1.165, 1.54) is 5.56 Å². The molecular formula is C15H24ClN3O. The predicted octanol–water partition coefficient (Wildman–Crippen LogP) is 2.43. The first-order valence-electron chi connectivity index (χ1n) is 6.69. The number of guanidine groups is 1. The van der Waals surface area contributed by atoms with Crippen molar-refractivity contribution < 1.29 is 4.74 Å². The molecule has 2 N–H and O–H groups in total. The van der Waals surface area contributed by atoms with Crippen LogP contribution in [0.1, 0.15) is 19.4 Å². The normalized spacial score (nSPS) is 12.3. The summed E-state index contributed by atoms with van der Waals surface area (Å²) >= 11 is 6.06. The number of benzene rings is 1. The number of ether oxygens (including phenoxy) is 1. The van der Waals surface area contributed by atoms with Crippen LogP contribution in [0.2, 0.25) is 5.02 Å². The lowest BCUT2D eigenvalue weighted by atomic mass is 9.84. The van der Waals surface area contributed by atoms with Crippen molar-refractivity contribution in [2.24, 2.45) is 4.99 Å². The zero-order chi connectivity index (χ0) is 15.0. The molecule has 0 aromatic heterocycles. The molecular weight excluding hydrogens is 274 g/mol. The summed E-state index contributed by atoms with van der Waals surface area (Å²) in [6.45, 7) is 6.49. The van der Waals surface area contributed by atoms with Gasteiger partial charge in [-0.15, -0.1) is 0 Å². The highest BCUT2D eigenvalue weighted by atomic mass is 35.5. The minimum absolute atomic E-state index is 0.0379. The molecule has 0 fully saturated rings. The second-order valence-corrected chi connectivity index (χ2v) is 5.68. The monoisotopic (exact) mass is 297 g/mol. The molecule has 1 aromatic rings. The molecule has 0 heterocycles. The molecule has 0 unspecified atom stereocenters. The number of halogens is 1. The van der Waals surface area contributed by atoms with E-state index in [1.54, 1.807) is 14.2 Å². The third-order valence-electron chi connectivity index (χ3n) is 3.13. The molecule has 1 rings (SSSR count). The highest BCUT2D eigenvalue weighted by Gasteiger charge is 2.21. The SMILES string of the molecule is CN=C(NCCOC)NCC(C)(C)c1cccc(Cl)c1. The summed E-state index contributed by atoms with van der Waals surface area (Å²) in [4.78, 5) is 4.19. The van der Waals surface area contributed by atoms with Gasteiger partial charge in [-0.1, -0.05) is 37.6 Å². The second-order valence-electron chi connectivity index (χ2n) is 5.24. The lowest BCUT2D eigenvalue weighted by Gasteiger charge is -2.27. The van der Waals surface area contributed by atoms with E-state index in [2.05, 4.69) is 35.5 Å². The third-order valence-corrected chi connectivity index (χ3v) is 3.36. The molecule has 4 nitrogen and oxygen atoms in total. The van der Waals surface area contributed by atoms with Crippen molar-refractivity contribution in [2.45, 2.75) is 19.3 Å². The number of aliphatic imine (C=N–C) groups is 1. The molecule has 112 valence electrons. The van der Waals surface area contributed by atoms with Crippen molar-refractivity contribution in [1.82, 2.24) is 10.6 Å². The van der Waals surface area contributed by atoms with Crippen LogP contribution >= 0.6 is 11.6 Å². The first-order chi connectivity index (χ1) is 9.49. The van der Waals surface area contributed by atoms with Crippen LogP contribution in [0.4, 0.5) is 0 Å². The molecule has 0 bridgehead atoms. The molecule has 0 aliphatic rings. The van der Waals surface area contributed by atoms with Crippen LogP contribution in [-0.2, 0) is 10.2 Å². The molecule has 0 atom stereocenters. The van der Waals surface area contributed by atoms with Gasteiger partial charge in [0.2, 0.25) is 0 Å². The molecule has 0 spiro atoms. The first-order valence-corrected chi connectivity index (χ1v) is 7.07. The van der Waals surface area contributed by atoms with Crippen LogP contribution in [0.25, 0.3) is 0 Å². The highest BCUT2D eigenvalue weighted by Crippen LogP contribution is 2.24. The standard InChI is InChI=1S/C15H24ClN3O/c1-15(2,12-6-5-7-13(16)10-12)11-19-14(17-3)18-8-9-20-4/h5-7,10H,8-9,11H2,1-4H3,(H2,17,18,19). The van der Waals surface area contributed by atoms with Crippen molar-refractivity contribution in [3.05, 3.63) is 34.9 Å². The summed E-state index contributed by atoms with van der Waals surface area (Å²) < 4.78 is 5.00. The van der Waals surface area contributed by atoms with Gasteiger partial charge in [0, 0.05) is 37.7 Å². The molecule has 5 heteroatoms. The number of nitrogens with zero attached hydrogens (tertiary/aromatic N) is 1. The maximum Gasteiger partial charge on any atom is 0.191 e. The quantitative estimate of drug-likeness (QED) is 0.481. The maximum absolute atomic E-state index is 6.06. The van der Waals surface area contributed by atoms with Gasteiger partial charge < -0.3 is 15.4 Å². The topological polar surface area (TPSA) is 45.7 Å². The summed E-state index contributed by atoms with van der Waals surface area (Å²) in [6.07, 6.45) is 0. The second kappa shape index (κ2) is 8.12. The van der Waals surface area contributed by atoms with Crippen LogP contribution in [0.5, 0.6) is 0 Å². The van der Waals surface area contributed by atoms with Gasteiger partial charge in [0.05, 0.1) is 6.61 Å². The van der Waals surface area contributed by atoms with E-state index in [1.807, 2.05) is 18.2 Å². The molecule has 0 saturated heterocycles. The van der Waals surface area contributed by atoms with E-state index in [-0.39, 0.29) is 5.41 Å². The molecule has 0 aliphatic carbocycles. The van der Waals surface area contributed by atoms with Crippen LogP contribution in [-0.4, -0.2) is 39.8 Å². The average Bonchev–Trinajstić information content (AvgIpc) is 2.42. The van der Waals surface area contributed by atoms with Gasteiger partial charge in [-0.25, -0.2) is 0 Å². The van der Waals surface area contributed by atoms with Crippen molar-refractivity contribution in [3.63, 3.8) is 0 Å². The Bertz CT molecular complexity index is 446. The lowest BCUT2D eigenvalue weighted by molar-refractivity contribution is 0.203. The Balaban J connectivity index is 2.58. The number of methoxy groups -OCH3 is 1. The fourth-order valence-corrected chi connectivity index (χ4v) is 2.00. The Labute approximate surface area is 126 Å². The number of hydrogen-bond acceptors (Lipinski definition) is 2. The van der Waals surface area contributed by atoms with E-state index in [4.69, 9.17) is 16.3 Å². The van der Waals surface area contributed by atoms with Crippen LogP contribution in [0, 0.1) is 0 Å². The Hall–Kier alpha value is -1.26. The Kier molecular flexibility index (Phi) is 6.82. The summed E-state index contributed by atoms with van der Waals surface area (Å²) in [6, 6.07) is 7.96. The maximum atomic E-state index is 6.06. The van der Waals surface area contributed by atoms with E-state index in [0.717, 1.165) is 24.1 Å². The van der Waals surface area contributed by atoms with Crippen molar-refractivity contribution in [3.8, 4) is 0 Å². The van der Waals surface area contributed by atoms with Crippen molar-refractivity contribution in [1.29, 1.82) is 0 Å². The fourth-order valence-electron chi connectivity index (χ4n) is 1.81. The number of hydrogen-bond donors (Lipinski definition) is 2. The third kappa shape index (κ3) is 5.39. The average molecular weight is 298 g/mol. The van der Waals surface area contributed by atoms with E-state index in [0.29, 0.717) is 6.61 Å². The minimum atomic E-state index is -0.0379. The fraction of sp³-hybridized carbons (Fsp3) is 0.533. The van der Waals surface area contributed by atoms with E-state index < -0.39 is 0 Å². The summed E-state index contributed by atoms with van der Waals surface area (Å²) in [5.41, 5.74) is 1.16. The molecule has 1 aromatic carbocycles.